The van der Waals surface area contributed by atoms with Crippen LogP contribution in [-0.4, -0.2) is 13.2 Å². The van der Waals surface area contributed by atoms with E-state index in [1.165, 1.54) is 6.07 Å². The summed E-state index contributed by atoms with van der Waals surface area (Å²) in [5.41, 5.74) is 5.36. The van der Waals surface area contributed by atoms with E-state index in [0.717, 1.165) is 37.8 Å². The average Bonchev–Trinajstić information content (AvgIpc) is 2.28. The molecule has 2 nitrogen and oxygen atoms in total. The molecule has 0 spiro atoms. The molecule has 1 rings (SSSR count). The van der Waals surface area contributed by atoms with Gasteiger partial charge in [-0.2, -0.15) is 0 Å². The summed E-state index contributed by atoms with van der Waals surface area (Å²) in [4.78, 5) is 0. The highest BCUT2D eigenvalue weighted by Gasteiger charge is 2.02. The van der Waals surface area contributed by atoms with E-state index >= 15 is 0 Å². The van der Waals surface area contributed by atoms with Crippen LogP contribution in [0.15, 0.2) is 18.2 Å². The van der Waals surface area contributed by atoms with E-state index in [1.54, 1.807) is 0 Å². The van der Waals surface area contributed by atoms with Crippen LogP contribution in [0.4, 0.5) is 8.78 Å². The topological polar surface area (TPSA) is 35.2 Å². The summed E-state index contributed by atoms with van der Waals surface area (Å²) in [5, 5.41) is 0. The molecule has 0 heterocycles. The Morgan fingerprint density at radius 1 is 1.00 bits per heavy atom. The highest BCUT2D eigenvalue weighted by atomic mass is 19.2. The zero-order chi connectivity index (χ0) is 11.8. The minimum atomic E-state index is -0.874. The van der Waals surface area contributed by atoms with E-state index < -0.39 is 11.6 Å². The van der Waals surface area contributed by atoms with Crippen molar-refractivity contribution in [3.8, 4) is 5.75 Å². The Hall–Kier alpha value is -1.16. The van der Waals surface area contributed by atoms with Gasteiger partial charge in [-0.25, -0.2) is 8.78 Å². The molecule has 0 aliphatic heterocycles. The molecule has 4 heteroatoms. The standard InChI is InChI=1S/C12H17F2NO/c13-11-6-5-10(9-12(11)14)16-8-4-2-1-3-7-15/h5-6,9H,1-4,7-8,15H2. The molecule has 2 N–H and O–H groups in total. The minimum Gasteiger partial charge on any atom is -0.493 e. The summed E-state index contributed by atoms with van der Waals surface area (Å²) < 4.78 is 30.7. The Balaban J connectivity index is 2.19. The van der Waals surface area contributed by atoms with Crippen molar-refractivity contribution in [3.63, 3.8) is 0 Å². The summed E-state index contributed by atoms with van der Waals surface area (Å²) in [5.74, 6) is -1.35. The molecule has 0 bridgehead atoms. The van der Waals surface area contributed by atoms with Gasteiger partial charge in [-0.3, -0.25) is 0 Å². The highest BCUT2D eigenvalue weighted by molar-refractivity contribution is 5.23. The lowest BCUT2D eigenvalue weighted by Gasteiger charge is -2.06. The largest absolute Gasteiger partial charge is 0.493 e. The van der Waals surface area contributed by atoms with Crippen LogP contribution in [0.2, 0.25) is 0 Å². The number of hydrogen-bond acceptors (Lipinski definition) is 2. The molecule has 0 radical (unpaired) electrons. The third kappa shape index (κ3) is 4.57. The molecule has 0 amide bonds. The van der Waals surface area contributed by atoms with Crippen LogP contribution in [0.25, 0.3) is 0 Å². The molecule has 16 heavy (non-hydrogen) atoms. The monoisotopic (exact) mass is 229 g/mol. The zero-order valence-electron chi connectivity index (χ0n) is 9.22. The van der Waals surface area contributed by atoms with Crippen molar-refractivity contribution in [3.05, 3.63) is 29.8 Å². The third-order valence-corrected chi connectivity index (χ3v) is 2.26. The van der Waals surface area contributed by atoms with Crippen LogP contribution in [0, 0.1) is 11.6 Å². The van der Waals surface area contributed by atoms with Gasteiger partial charge < -0.3 is 10.5 Å². The highest BCUT2D eigenvalue weighted by Crippen LogP contribution is 2.15. The molecule has 0 saturated carbocycles. The molecule has 0 saturated heterocycles. The maximum absolute atomic E-state index is 12.8. The van der Waals surface area contributed by atoms with Crippen LogP contribution in [0.5, 0.6) is 5.75 Å². The third-order valence-electron chi connectivity index (χ3n) is 2.26. The number of halogens is 2. The number of unbranched alkanes of at least 4 members (excludes halogenated alkanes) is 3. The van der Waals surface area contributed by atoms with E-state index in [4.69, 9.17) is 10.5 Å². The Morgan fingerprint density at radius 2 is 1.75 bits per heavy atom. The molecular formula is C12H17F2NO. The van der Waals surface area contributed by atoms with Crippen LogP contribution in [0.1, 0.15) is 25.7 Å². The van der Waals surface area contributed by atoms with Gasteiger partial charge in [0.2, 0.25) is 0 Å². The van der Waals surface area contributed by atoms with Crippen molar-refractivity contribution in [2.45, 2.75) is 25.7 Å². The second kappa shape index (κ2) is 7.17. The molecule has 0 aliphatic rings. The lowest BCUT2D eigenvalue weighted by Crippen LogP contribution is -2.00. The molecular weight excluding hydrogens is 212 g/mol. The van der Waals surface area contributed by atoms with E-state index in [-0.39, 0.29) is 0 Å². The molecule has 0 aromatic heterocycles. The molecule has 0 aliphatic carbocycles. The van der Waals surface area contributed by atoms with Gasteiger partial charge in [-0.05, 0) is 31.5 Å². The van der Waals surface area contributed by atoms with Gasteiger partial charge in [-0.1, -0.05) is 12.8 Å². The van der Waals surface area contributed by atoms with Gasteiger partial charge in [0.1, 0.15) is 5.75 Å². The average molecular weight is 229 g/mol. The second-order valence-electron chi connectivity index (χ2n) is 3.63. The molecule has 0 unspecified atom stereocenters. The van der Waals surface area contributed by atoms with Crippen LogP contribution in [0.3, 0.4) is 0 Å². The van der Waals surface area contributed by atoms with Crippen molar-refractivity contribution in [2.24, 2.45) is 5.73 Å². The van der Waals surface area contributed by atoms with Crippen LogP contribution >= 0.6 is 0 Å². The zero-order valence-corrected chi connectivity index (χ0v) is 9.22. The fourth-order valence-corrected chi connectivity index (χ4v) is 1.36. The number of hydrogen-bond donors (Lipinski definition) is 1. The summed E-state index contributed by atoms with van der Waals surface area (Å²) in [6.07, 6.45) is 4.04. The van der Waals surface area contributed by atoms with Gasteiger partial charge in [0.05, 0.1) is 6.61 Å². The first-order valence-corrected chi connectivity index (χ1v) is 5.52. The van der Waals surface area contributed by atoms with E-state index in [9.17, 15) is 8.78 Å². The quantitative estimate of drug-likeness (QED) is 0.730. The van der Waals surface area contributed by atoms with Gasteiger partial charge in [0.15, 0.2) is 11.6 Å². The van der Waals surface area contributed by atoms with Crippen molar-refractivity contribution < 1.29 is 13.5 Å². The first-order chi connectivity index (χ1) is 7.74. The van der Waals surface area contributed by atoms with Crippen molar-refractivity contribution >= 4 is 0 Å². The van der Waals surface area contributed by atoms with Crippen LogP contribution in [-0.2, 0) is 0 Å². The van der Waals surface area contributed by atoms with Crippen LogP contribution < -0.4 is 10.5 Å². The Bertz CT molecular complexity index is 318. The van der Waals surface area contributed by atoms with Crippen molar-refractivity contribution in [2.75, 3.05) is 13.2 Å². The summed E-state index contributed by atoms with van der Waals surface area (Å²) >= 11 is 0. The lowest BCUT2D eigenvalue weighted by molar-refractivity contribution is 0.302. The maximum atomic E-state index is 12.8. The smallest absolute Gasteiger partial charge is 0.162 e. The van der Waals surface area contributed by atoms with Gasteiger partial charge in [-0.15, -0.1) is 0 Å². The first-order valence-electron chi connectivity index (χ1n) is 5.52. The van der Waals surface area contributed by atoms with Gasteiger partial charge >= 0.3 is 0 Å². The predicted octanol–water partition coefficient (Wildman–Crippen LogP) is 2.86. The van der Waals surface area contributed by atoms with E-state index in [2.05, 4.69) is 0 Å². The normalized spacial score (nSPS) is 10.4. The van der Waals surface area contributed by atoms with Crippen molar-refractivity contribution in [1.29, 1.82) is 0 Å². The Kier molecular flexibility index (Phi) is 5.78. The molecule has 1 aromatic rings. The number of rotatable bonds is 7. The summed E-state index contributed by atoms with van der Waals surface area (Å²) in [6, 6.07) is 3.56. The summed E-state index contributed by atoms with van der Waals surface area (Å²) in [6.45, 7) is 1.24. The number of nitrogens with two attached hydrogens (primary N) is 1. The Labute approximate surface area is 94.4 Å². The fraction of sp³-hybridized carbons (Fsp3) is 0.500. The molecule has 1 aromatic carbocycles. The second-order valence-corrected chi connectivity index (χ2v) is 3.63. The number of benzene rings is 1. The number of ether oxygens (including phenoxy) is 1. The molecule has 90 valence electrons. The van der Waals surface area contributed by atoms with E-state index in [1.807, 2.05) is 0 Å². The van der Waals surface area contributed by atoms with Gasteiger partial charge in [0.25, 0.3) is 0 Å². The first kappa shape index (κ1) is 12.9. The lowest BCUT2D eigenvalue weighted by atomic mass is 10.2. The Morgan fingerprint density at radius 3 is 2.44 bits per heavy atom. The van der Waals surface area contributed by atoms with Crippen molar-refractivity contribution in [1.82, 2.24) is 0 Å². The van der Waals surface area contributed by atoms with Gasteiger partial charge in [0, 0.05) is 6.07 Å². The minimum absolute atomic E-state index is 0.373. The SMILES string of the molecule is NCCCCCCOc1ccc(F)c(F)c1. The van der Waals surface area contributed by atoms with E-state index in [0.29, 0.717) is 18.9 Å². The molecule has 0 atom stereocenters. The summed E-state index contributed by atoms with van der Waals surface area (Å²) in [7, 11) is 0. The maximum Gasteiger partial charge on any atom is 0.162 e. The molecule has 0 fully saturated rings. The fourth-order valence-electron chi connectivity index (χ4n) is 1.36. The predicted molar refractivity (Wildman–Crippen MR) is 59.4 cm³/mol.